The quantitative estimate of drug-likeness (QED) is 0.213. The molecule has 10 aliphatic carbocycles. The Balaban J connectivity index is 0.000000194. The minimum atomic E-state index is -3.49. The van der Waals surface area contributed by atoms with E-state index in [1.165, 1.54) is 0 Å². The van der Waals surface area contributed by atoms with E-state index in [9.17, 15) is 46.3 Å². The number of carbonyl (C=O) groups is 6. The van der Waals surface area contributed by atoms with Crippen molar-refractivity contribution in [3.8, 4) is 0 Å². The molecule has 14 atom stereocenters. The van der Waals surface area contributed by atoms with Gasteiger partial charge in [-0.05, 0) is 158 Å². The number of hydrogen-bond acceptors (Lipinski definition) is 6. The molecule has 0 unspecified atom stereocenters. The Kier molecular flexibility index (Phi) is 13.4. The van der Waals surface area contributed by atoms with E-state index in [0.29, 0.717) is 65.2 Å². The van der Waals surface area contributed by atoms with E-state index in [1.54, 1.807) is 12.2 Å². The molecule has 0 aliphatic heterocycles. The van der Waals surface area contributed by atoms with Crippen LogP contribution in [0.15, 0.2) is 46.8 Å². The number of fused-ring (bicyclic) bond motifs is 14. The lowest BCUT2D eigenvalue weighted by atomic mass is 9.35. The largest absolute Gasteiger partial charge is 0.345 e. The van der Waals surface area contributed by atoms with Gasteiger partial charge in [0.1, 0.15) is 0 Å². The summed E-state index contributed by atoms with van der Waals surface area (Å²) in [4.78, 5) is 87.9. The first-order valence-corrected chi connectivity index (χ1v) is 29.6. The molecule has 2 N–H and O–H groups in total. The van der Waals surface area contributed by atoms with Gasteiger partial charge in [0.25, 0.3) is 11.8 Å². The van der Waals surface area contributed by atoms with Crippen LogP contribution in [0.1, 0.15) is 201 Å². The molecule has 6 saturated carbocycles. The maximum Gasteiger partial charge on any atom is 0.321 e. The number of allylic oxidation sites excluding steroid dienone is 8. The topological polar surface area (TPSA) is 135 Å². The number of rotatable bonds is 4. The highest BCUT2D eigenvalue weighted by Gasteiger charge is 2.73. The monoisotopic (exact) mass is 1110 g/mol. The molecular weight excluding hydrogens is 1020 g/mol. The Morgan fingerprint density at radius 2 is 0.825 bits per heavy atom. The summed E-state index contributed by atoms with van der Waals surface area (Å²) >= 11 is 0. The van der Waals surface area contributed by atoms with Crippen LogP contribution in [0, 0.1) is 103 Å². The Bertz CT molecular complexity index is 2800. The molecular formula is C66H88F4N4O6. The first kappa shape index (κ1) is 59.9. The molecule has 0 aromatic heterocycles. The highest BCUT2D eigenvalue weighted by Crippen LogP contribution is 2.76. The van der Waals surface area contributed by atoms with Crippen molar-refractivity contribution in [2.75, 3.05) is 0 Å². The summed E-state index contributed by atoms with van der Waals surface area (Å²) in [7, 11) is 0. The molecule has 6 fully saturated rings. The lowest BCUT2D eigenvalue weighted by Gasteiger charge is -2.69. The molecule has 0 aromatic rings. The van der Waals surface area contributed by atoms with Crippen LogP contribution in [-0.4, -0.2) is 57.9 Å². The van der Waals surface area contributed by atoms with Gasteiger partial charge in [-0.3, -0.25) is 19.2 Å². The van der Waals surface area contributed by atoms with Crippen LogP contribution < -0.4 is 10.6 Å². The summed E-state index contributed by atoms with van der Waals surface area (Å²) in [6.07, 6.45) is 16.9. The zero-order valence-electron chi connectivity index (χ0n) is 50.5. The molecule has 10 rings (SSSR count). The fourth-order valence-electron chi connectivity index (χ4n) is 20.3. The Hall–Kier alpha value is -4.72. The van der Waals surface area contributed by atoms with E-state index in [2.05, 4.69) is 89.6 Å². The van der Waals surface area contributed by atoms with Gasteiger partial charge in [0, 0.05) is 58.4 Å². The van der Waals surface area contributed by atoms with Gasteiger partial charge in [0.15, 0.2) is 23.1 Å². The van der Waals surface area contributed by atoms with Crippen molar-refractivity contribution in [1.82, 2.24) is 10.6 Å². The van der Waals surface area contributed by atoms with Crippen molar-refractivity contribution in [3.05, 3.63) is 69.7 Å². The number of nitrogens with one attached hydrogen (secondary N) is 2. The summed E-state index contributed by atoms with van der Waals surface area (Å²) in [6, 6.07) is 0. The number of halogens is 4. The Morgan fingerprint density at radius 3 is 1.12 bits per heavy atom. The van der Waals surface area contributed by atoms with Gasteiger partial charge in [-0.15, -0.1) is 0 Å². The van der Waals surface area contributed by atoms with Gasteiger partial charge in [-0.1, -0.05) is 120 Å². The second-order valence-corrected chi connectivity index (χ2v) is 31.5. The van der Waals surface area contributed by atoms with Gasteiger partial charge in [-0.25, -0.2) is 9.69 Å². The third-order valence-corrected chi connectivity index (χ3v) is 25.2. The first-order valence-electron chi connectivity index (χ1n) is 29.6. The number of ketones is 4. The molecule has 80 heavy (non-hydrogen) atoms. The number of Topliss-reactive ketones (excluding diaryl/α,β-unsaturated/α-hetero) is 2. The van der Waals surface area contributed by atoms with E-state index in [0.717, 1.165) is 49.7 Å². The predicted molar refractivity (Wildman–Crippen MR) is 298 cm³/mol. The molecule has 10 nitrogen and oxygen atoms in total. The minimum absolute atomic E-state index is 0.00592. The summed E-state index contributed by atoms with van der Waals surface area (Å²) in [5.41, 5.74) is -3.91. The van der Waals surface area contributed by atoms with Crippen LogP contribution in [0.25, 0.3) is 9.69 Å². The van der Waals surface area contributed by atoms with E-state index in [-0.39, 0.29) is 79.9 Å². The summed E-state index contributed by atoms with van der Waals surface area (Å²) in [5.74, 6) is -11.2. The normalized spacial score (nSPS) is 43.6. The fourth-order valence-corrected chi connectivity index (χ4v) is 20.3. The van der Waals surface area contributed by atoms with Crippen LogP contribution in [-0.2, 0) is 28.8 Å². The fraction of sp³-hybridized carbons (Fsp3) is 0.758. The standard InChI is InChI=1S/2C33H44F2N2O3/c2*1-27(2)12-14-33(37-26(40)32(8,34)35)15-13-31(7)24(19(33)17-27)21(38)16-23-29(5)18-20(36-9)25(39)28(3,4)22(29)10-11-30(23,31)6/h2*16,18-19,22,24H,10-15,17H2,1-8H3,(H,37,40)/t2*19-,22-,24-,29-,30+,31+,33-/m00/s1. The molecule has 0 aromatic carbocycles. The zero-order valence-corrected chi connectivity index (χ0v) is 50.5. The maximum atomic E-state index is 14.4. The molecule has 436 valence electrons. The van der Waals surface area contributed by atoms with E-state index in [4.69, 9.17) is 13.1 Å². The summed E-state index contributed by atoms with van der Waals surface area (Å²) < 4.78 is 56.6. The van der Waals surface area contributed by atoms with E-state index >= 15 is 0 Å². The van der Waals surface area contributed by atoms with Crippen LogP contribution in [0.3, 0.4) is 0 Å². The highest BCUT2D eigenvalue weighted by atomic mass is 19.3. The third kappa shape index (κ3) is 8.26. The van der Waals surface area contributed by atoms with Gasteiger partial charge in [-0.2, -0.15) is 17.6 Å². The Morgan fingerprint density at radius 1 is 0.512 bits per heavy atom. The van der Waals surface area contributed by atoms with Gasteiger partial charge in [0.05, 0.1) is 13.1 Å². The first-order chi connectivity index (χ1) is 36.4. The van der Waals surface area contributed by atoms with Crippen molar-refractivity contribution in [2.45, 2.75) is 224 Å². The maximum absolute atomic E-state index is 14.4. The SMILES string of the molecule is [C-]#[N+]C1=C[C@]2(C)C3=CC(=O)[C@@H]4[C@@H]5CC(C)(C)CC[C@]5(NC(=O)C(C)(F)F)CC[C@@]4(C)[C@]3(C)CC[C@H]2C(C)(C)C1=O.[C-]#[N+]C1=C[C@]2(C)C3=CC(=O)[C@@H]4[C@@H]5CC(C)(C)CC[C@]5(NC(=O)C(C)(F)F)CC[C@@]4(C)[C@]3(C)CC[C@H]2C(C)(C)C1=O. The smallest absolute Gasteiger partial charge is 0.321 e. The average molecular weight is 1110 g/mol. The molecule has 14 heteroatoms. The lowest BCUT2D eigenvalue weighted by Crippen LogP contribution is -2.70. The number of hydrogen-bond donors (Lipinski definition) is 2. The number of carbonyl (C=O) groups excluding carboxylic acids is 6. The zero-order chi connectivity index (χ0) is 59.8. The van der Waals surface area contributed by atoms with Gasteiger partial charge in [0.2, 0.25) is 11.4 Å². The van der Waals surface area contributed by atoms with Crippen molar-refractivity contribution in [2.24, 2.45) is 89.7 Å². The molecule has 0 heterocycles. The molecule has 0 radical (unpaired) electrons. The number of amides is 2. The van der Waals surface area contributed by atoms with Crippen LogP contribution in [0.2, 0.25) is 0 Å². The van der Waals surface area contributed by atoms with Crippen molar-refractivity contribution in [3.63, 3.8) is 0 Å². The lowest BCUT2D eigenvalue weighted by molar-refractivity contribution is -0.169. The van der Waals surface area contributed by atoms with Crippen molar-refractivity contribution < 1.29 is 46.3 Å². The second kappa shape index (κ2) is 17.9. The summed E-state index contributed by atoms with van der Waals surface area (Å²) in [6.45, 7) is 46.2. The highest BCUT2D eigenvalue weighted by molar-refractivity contribution is 6.04. The van der Waals surface area contributed by atoms with Crippen LogP contribution in [0.4, 0.5) is 17.6 Å². The van der Waals surface area contributed by atoms with Crippen molar-refractivity contribution in [1.29, 1.82) is 0 Å². The molecule has 0 bridgehead atoms. The minimum Gasteiger partial charge on any atom is -0.345 e. The second-order valence-electron chi connectivity index (χ2n) is 31.5. The van der Waals surface area contributed by atoms with E-state index in [1.807, 2.05) is 39.8 Å². The van der Waals surface area contributed by atoms with E-state index < -0.39 is 79.1 Å². The van der Waals surface area contributed by atoms with Gasteiger partial charge < -0.3 is 20.2 Å². The molecule has 0 saturated heterocycles. The molecule has 10 aliphatic rings. The third-order valence-electron chi connectivity index (χ3n) is 25.2. The van der Waals surface area contributed by atoms with Crippen LogP contribution >= 0.6 is 0 Å². The molecule has 0 spiro atoms. The predicted octanol–water partition coefficient (Wildman–Crippen LogP) is 14.2. The van der Waals surface area contributed by atoms with Crippen molar-refractivity contribution >= 4 is 34.9 Å². The number of nitrogens with zero attached hydrogens (tertiary/aromatic N) is 2. The van der Waals surface area contributed by atoms with Gasteiger partial charge >= 0.3 is 11.8 Å². The number of alkyl halides is 4. The van der Waals surface area contributed by atoms with Crippen LogP contribution in [0.5, 0.6) is 0 Å². The Labute approximate surface area is 473 Å². The molecule has 2 amide bonds. The summed E-state index contributed by atoms with van der Waals surface area (Å²) in [5, 5.41) is 5.61. The average Bonchev–Trinajstić information content (AvgIpc) is 3.33.